The largest absolute Gasteiger partial charge is 0.493 e. The van der Waals surface area contributed by atoms with E-state index in [1.165, 1.54) is 31.4 Å². The van der Waals surface area contributed by atoms with Crippen molar-refractivity contribution >= 4 is 46.8 Å². The van der Waals surface area contributed by atoms with Crippen LogP contribution in [0.15, 0.2) is 71.4 Å². The average molecular weight is 499 g/mol. The van der Waals surface area contributed by atoms with Crippen molar-refractivity contribution in [3.05, 3.63) is 103 Å². The number of hydrogen-bond donors (Lipinski definition) is 0. The summed E-state index contributed by atoms with van der Waals surface area (Å²) >= 11 is 12.1. The highest BCUT2D eigenvalue weighted by Gasteiger charge is 2.25. The Kier molecular flexibility index (Phi) is 6.81. The smallest absolute Gasteiger partial charge is 0.363 e. The lowest BCUT2D eigenvalue weighted by molar-refractivity contribution is -0.384. The van der Waals surface area contributed by atoms with E-state index in [0.29, 0.717) is 32.7 Å². The maximum absolute atomic E-state index is 12.3. The number of non-ortho nitro benzene ring substituents is 1. The molecule has 0 spiro atoms. The van der Waals surface area contributed by atoms with Gasteiger partial charge in [-0.05, 0) is 42.0 Å². The van der Waals surface area contributed by atoms with Gasteiger partial charge in [0.25, 0.3) is 5.69 Å². The van der Waals surface area contributed by atoms with Gasteiger partial charge < -0.3 is 14.2 Å². The highest BCUT2D eigenvalue weighted by molar-refractivity contribution is 6.35. The fraction of sp³-hybridized carbons (Fsp3) is 0.0833. The number of hydrogen-bond acceptors (Lipinski definition) is 7. The topological polar surface area (TPSA) is 100 Å². The predicted molar refractivity (Wildman–Crippen MR) is 127 cm³/mol. The van der Waals surface area contributed by atoms with Gasteiger partial charge in [-0.25, -0.2) is 9.79 Å². The van der Waals surface area contributed by atoms with Crippen LogP contribution in [0.1, 0.15) is 16.7 Å². The maximum atomic E-state index is 12.3. The number of ether oxygens (including phenoxy) is 3. The number of carbonyl (C=O) groups is 1. The first-order chi connectivity index (χ1) is 16.3. The van der Waals surface area contributed by atoms with Gasteiger partial charge in [0.1, 0.15) is 6.61 Å². The van der Waals surface area contributed by atoms with E-state index in [9.17, 15) is 14.9 Å². The van der Waals surface area contributed by atoms with Gasteiger partial charge in [0, 0.05) is 33.3 Å². The van der Waals surface area contributed by atoms with Gasteiger partial charge in [-0.15, -0.1) is 0 Å². The molecule has 1 aliphatic rings. The summed E-state index contributed by atoms with van der Waals surface area (Å²) in [6.07, 6.45) is 1.52. The first kappa shape index (κ1) is 23.3. The van der Waals surface area contributed by atoms with Crippen LogP contribution in [-0.2, 0) is 16.1 Å². The Morgan fingerprint density at radius 1 is 1.09 bits per heavy atom. The highest BCUT2D eigenvalue weighted by atomic mass is 35.5. The number of benzene rings is 3. The van der Waals surface area contributed by atoms with Crippen LogP contribution in [0.2, 0.25) is 10.0 Å². The summed E-state index contributed by atoms with van der Waals surface area (Å²) in [4.78, 5) is 27.0. The molecule has 0 N–H and O–H groups in total. The number of halogens is 2. The Balaban J connectivity index is 1.55. The van der Waals surface area contributed by atoms with E-state index in [-0.39, 0.29) is 23.9 Å². The lowest BCUT2D eigenvalue weighted by Gasteiger charge is -2.12. The third-order valence-corrected chi connectivity index (χ3v) is 5.40. The zero-order valence-electron chi connectivity index (χ0n) is 17.7. The maximum Gasteiger partial charge on any atom is 0.363 e. The Morgan fingerprint density at radius 3 is 2.65 bits per heavy atom. The lowest BCUT2D eigenvalue weighted by Crippen LogP contribution is -2.05. The van der Waals surface area contributed by atoms with Crippen LogP contribution in [0.25, 0.3) is 6.08 Å². The monoisotopic (exact) mass is 498 g/mol. The normalized spacial score (nSPS) is 14.0. The van der Waals surface area contributed by atoms with E-state index >= 15 is 0 Å². The van der Waals surface area contributed by atoms with Gasteiger partial charge in [0.05, 0.1) is 12.0 Å². The Bertz CT molecular complexity index is 1350. The summed E-state index contributed by atoms with van der Waals surface area (Å²) in [6.45, 7) is 0.204. The number of nitrogens with zero attached hydrogens (tertiary/aromatic N) is 2. The molecule has 8 nitrogen and oxygen atoms in total. The van der Waals surface area contributed by atoms with Crippen molar-refractivity contribution in [3.63, 3.8) is 0 Å². The molecule has 34 heavy (non-hydrogen) atoms. The van der Waals surface area contributed by atoms with Crippen molar-refractivity contribution in [2.24, 2.45) is 4.99 Å². The number of carbonyl (C=O) groups excluding carboxylic acids is 1. The van der Waals surface area contributed by atoms with Crippen LogP contribution >= 0.6 is 23.2 Å². The third-order valence-electron chi connectivity index (χ3n) is 4.81. The fourth-order valence-electron chi connectivity index (χ4n) is 3.13. The van der Waals surface area contributed by atoms with Gasteiger partial charge >= 0.3 is 5.97 Å². The van der Waals surface area contributed by atoms with Crippen molar-refractivity contribution in [2.75, 3.05) is 7.11 Å². The molecule has 1 heterocycles. The zero-order chi connectivity index (χ0) is 24.2. The molecule has 0 radical (unpaired) electrons. The first-order valence-corrected chi connectivity index (χ1v) is 10.6. The van der Waals surface area contributed by atoms with Crippen LogP contribution in [0.5, 0.6) is 11.5 Å². The summed E-state index contributed by atoms with van der Waals surface area (Å²) in [5.74, 6) is 0.240. The Labute approximate surface area is 204 Å². The number of aliphatic imine (C=N–C) groups is 1. The van der Waals surface area contributed by atoms with E-state index in [4.69, 9.17) is 37.4 Å². The van der Waals surface area contributed by atoms with Gasteiger partial charge in [-0.3, -0.25) is 10.1 Å². The molecule has 0 bridgehead atoms. The average Bonchev–Trinajstić information content (AvgIpc) is 3.19. The minimum atomic E-state index is -0.668. The predicted octanol–water partition coefficient (Wildman–Crippen LogP) is 5.83. The minimum absolute atomic E-state index is 0.00767. The molecule has 0 aromatic heterocycles. The molecular weight excluding hydrogens is 483 g/mol. The standard InChI is InChI=1S/C24H16Cl2N2O6/c1-32-22-10-14(5-8-21(22)33-13-16-6-7-17(25)12-19(16)26)9-20-24(29)34-23(27-20)15-3-2-4-18(11-15)28(30)31/h2-12H,13H2,1H3/b20-9+. The molecule has 172 valence electrons. The highest BCUT2D eigenvalue weighted by Crippen LogP contribution is 2.31. The molecule has 0 saturated heterocycles. The van der Waals surface area contributed by atoms with E-state index in [1.54, 1.807) is 42.5 Å². The molecule has 4 rings (SSSR count). The van der Waals surface area contributed by atoms with Gasteiger partial charge in [-0.1, -0.05) is 41.4 Å². The van der Waals surface area contributed by atoms with Gasteiger partial charge in [0.15, 0.2) is 17.2 Å². The van der Waals surface area contributed by atoms with E-state index in [1.807, 2.05) is 0 Å². The van der Waals surface area contributed by atoms with E-state index in [2.05, 4.69) is 4.99 Å². The number of methoxy groups -OCH3 is 1. The quantitative estimate of drug-likeness (QED) is 0.175. The summed E-state index contributed by atoms with van der Waals surface area (Å²) in [5, 5.41) is 12.0. The van der Waals surface area contributed by atoms with Crippen LogP contribution < -0.4 is 9.47 Å². The number of cyclic esters (lactones) is 1. The summed E-state index contributed by atoms with van der Waals surface area (Å²) in [7, 11) is 1.50. The van der Waals surface area contributed by atoms with Crippen molar-refractivity contribution in [2.45, 2.75) is 6.61 Å². The summed E-state index contributed by atoms with van der Waals surface area (Å²) < 4.78 is 16.5. The lowest BCUT2D eigenvalue weighted by atomic mass is 10.1. The van der Waals surface area contributed by atoms with Crippen molar-refractivity contribution < 1.29 is 23.9 Å². The molecule has 0 aliphatic carbocycles. The Hall–Kier alpha value is -3.88. The van der Waals surface area contributed by atoms with Crippen LogP contribution in [-0.4, -0.2) is 23.9 Å². The SMILES string of the molecule is COc1cc(/C=C2/N=C(c3cccc([N+](=O)[O-])c3)OC2=O)ccc1OCc1ccc(Cl)cc1Cl. The molecule has 3 aromatic carbocycles. The fourth-order valence-corrected chi connectivity index (χ4v) is 3.59. The van der Waals surface area contributed by atoms with Crippen molar-refractivity contribution in [3.8, 4) is 11.5 Å². The van der Waals surface area contributed by atoms with Crippen molar-refractivity contribution in [1.29, 1.82) is 0 Å². The van der Waals surface area contributed by atoms with Crippen LogP contribution in [0.4, 0.5) is 5.69 Å². The number of esters is 1. The summed E-state index contributed by atoms with van der Waals surface area (Å²) in [5.41, 5.74) is 1.62. The molecule has 1 aliphatic heterocycles. The molecule has 10 heteroatoms. The van der Waals surface area contributed by atoms with Crippen molar-refractivity contribution in [1.82, 2.24) is 0 Å². The molecule has 3 aromatic rings. The molecular formula is C24H16Cl2N2O6. The molecule has 0 atom stereocenters. The number of nitro benzene ring substituents is 1. The second-order valence-corrected chi connectivity index (χ2v) is 7.92. The Morgan fingerprint density at radius 2 is 1.91 bits per heavy atom. The van der Waals surface area contributed by atoms with E-state index in [0.717, 1.165) is 5.56 Å². The summed E-state index contributed by atoms with van der Waals surface area (Å²) in [6, 6.07) is 15.9. The van der Waals surface area contributed by atoms with Gasteiger partial charge in [-0.2, -0.15) is 0 Å². The number of rotatable bonds is 7. The second-order valence-electron chi connectivity index (χ2n) is 7.08. The molecule has 0 fully saturated rings. The first-order valence-electron chi connectivity index (χ1n) is 9.86. The zero-order valence-corrected chi connectivity index (χ0v) is 19.2. The van der Waals surface area contributed by atoms with E-state index < -0.39 is 10.9 Å². The van der Waals surface area contributed by atoms with Gasteiger partial charge in [0.2, 0.25) is 5.90 Å². The van der Waals surface area contributed by atoms with Crippen LogP contribution in [0.3, 0.4) is 0 Å². The molecule has 0 unspecified atom stereocenters. The second kappa shape index (κ2) is 9.94. The molecule has 0 amide bonds. The third kappa shape index (κ3) is 5.19. The minimum Gasteiger partial charge on any atom is -0.493 e. The number of nitro groups is 1. The molecule has 0 saturated carbocycles. The van der Waals surface area contributed by atoms with Crippen LogP contribution in [0, 0.1) is 10.1 Å².